The normalized spacial score (nSPS) is 10.2. The monoisotopic (exact) mass is 256 g/mol. The first-order valence-corrected chi connectivity index (χ1v) is 6.08. The summed E-state index contributed by atoms with van der Waals surface area (Å²) in [6.45, 7) is 2.90. The van der Waals surface area contributed by atoms with Crippen molar-refractivity contribution in [2.45, 2.75) is 26.4 Å². The molecule has 0 spiro atoms. The first-order chi connectivity index (χ1) is 8.22. The maximum atomic E-state index is 11.2. The van der Waals surface area contributed by atoms with E-state index in [-0.39, 0.29) is 12.6 Å². The third kappa shape index (κ3) is 6.29. The van der Waals surface area contributed by atoms with Gasteiger partial charge in [0.2, 0.25) is 0 Å². The molecule has 4 heteroatoms. The minimum absolute atomic E-state index is 0.00760. The molecule has 0 N–H and O–H groups in total. The van der Waals surface area contributed by atoms with E-state index < -0.39 is 0 Å². The molecule has 0 atom stereocenters. The molecule has 94 valence electrons. The highest BCUT2D eigenvalue weighted by Gasteiger charge is 2.02. The predicted octanol–water partition coefficient (Wildman–Crippen LogP) is 3.20. The van der Waals surface area contributed by atoms with Crippen LogP contribution in [0.1, 0.15) is 25.3 Å². The van der Waals surface area contributed by atoms with Gasteiger partial charge in [0.25, 0.3) is 0 Å². The summed E-state index contributed by atoms with van der Waals surface area (Å²) in [5.74, 6) is -0.313. The smallest absolute Gasteiger partial charge is 0.332 e. The first kappa shape index (κ1) is 14.0. The lowest BCUT2D eigenvalue weighted by Crippen LogP contribution is -2.13. The Morgan fingerprint density at radius 1 is 1.29 bits per heavy atom. The summed E-state index contributed by atoms with van der Waals surface area (Å²) in [5.41, 5.74) is 0.982. The molecule has 0 saturated heterocycles. The standard InChI is InChI=1S/C13H17ClO3/c1-2-3-8-17-13(15)10-16-9-11-4-6-12(14)7-5-11/h4-7H,2-3,8-10H2,1H3. The molecule has 1 aromatic carbocycles. The lowest BCUT2D eigenvalue weighted by molar-refractivity contribution is -0.149. The van der Waals surface area contributed by atoms with Crippen LogP contribution in [-0.2, 0) is 20.9 Å². The second-order valence-corrected chi connectivity index (χ2v) is 4.13. The van der Waals surface area contributed by atoms with Crippen LogP contribution in [0, 0.1) is 0 Å². The molecular weight excluding hydrogens is 240 g/mol. The van der Waals surface area contributed by atoms with Gasteiger partial charge in [-0.15, -0.1) is 0 Å². The zero-order chi connectivity index (χ0) is 12.5. The van der Waals surface area contributed by atoms with Crippen LogP contribution < -0.4 is 0 Å². The molecule has 0 unspecified atom stereocenters. The lowest BCUT2D eigenvalue weighted by atomic mass is 10.2. The van der Waals surface area contributed by atoms with Crippen molar-refractivity contribution in [2.24, 2.45) is 0 Å². The van der Waals surface area contributed by atoms with E-state index >= 15 is 0 Å². The third-order valence-electron chi connectivity index (χ3n) is 2.16. The molecule has 0 aliphatic carbocycles. The Morgan fingerprint density at radius 2 is 2.00 bits per heavy atom. The molecule has 0 heterocycles. The average molecular weight is 257 g/mol. The van der Waals surface area contributed by atoms with Crippen LogP contribution in [0.25, 0.3) is 0 Å². The maximum Gasteiger partial charge on any atom is 0.332 e. The molecule has 0 saturated carbocycles. The third-order valence-corrected chi connectivity index (χ3v) is 2.41. The van der Waals surface area contributed by atoms with Crippen LogP contribution in [-0.4, -0.2) is 19.2 Å². The number of rotatable bonds is 7. The number of benzene rings is 1. The Kier molecular flexibility index (Phi) is 6.67. The summed E-state index contributed by atoms with van der Waals surface area (Å²) in [6, 6.07) is 7.31. The molecule has 3 nitrogen and oxygen atoms in total. The molecule has 0 aliphatic heterocycles. The Morgan fingerprint density at radius 3 is 2.65 bits per heavy atom. The molecule has 0 aromatic heterocycles. The number of carbonyl (C=O) groups is 1. The molecule has 1 aromatic rings. The Bertz CT molecular complexity index is 335. The van der Waals surface area contributed by atoms with Gasteiger partial charge in [-0.3, -0.25) is 0 Å². The van der Waals surface area contributed by atoms with Crippen molar-refractivity contribution in [3.63, 3.8) is 0 Å². The molecule has 0 aliphatic rings. The quantitative estimate of drug-likeness (QED) is 0.555. The number of ether oxygens (including phenoxy) is 2. The van der Waals surface area contributed by atoms with Gasteiger partial charge in [0, 0.05) is 5.02 Å². The van der Waals surface area contributed by atoms with Crippen LogP contribution in [0.5, 0.6) is 0 Å². The highest BCUT2D eigenvalue weighted by molar-refractivity contribution is 6.30. The van der Waals surface area contributed by atoms with Crippen LogP contribution in [0.3, 0.4) is 0 Å². The van der Waals surface area contributed by atoms with Gasteiger partial charge in [0.15, 0.2) is 0 Å². The van der Waals surface area contributed by atoms with E-state index in [9.17, 15) is 4.79 Å². The summed E-state index contributed by atoms with van der Waals surface area (Å²) in [5, 5.41) is 0.688. The van der Waals surface area contributed by atoms with Gasteiger partial charge in [0.05, 0.1) is 13.2 Å². The Balaban J connectivity index is 2.14. The number of esters is 1. The fraction of sp³-hybridized carbons (Fsp3) is 0.462. The number of halogens is 1. The molecule has 17 heavy (non-hydrogen) atoms. The zero-order valence-corrected chi connectivity index (χ0v) is 10.7. The van der Waals surface area contributed by atoms with Crippen LogP contribution in [0.4, 0.5) is 0 Å². The van der Waals surface area contributed by atoms with Crippen molar-refractivity contribution >= 4 is 17.6 Å². The molecule has 0 radical (unpaired) electrons. The highest BCUT2D eigenvalue weighted by atomic mass is 35.5. The van der Waals surface area contributed by atoms with Gasteiger partial charge in [-0.2, -0.15) is 0 Å². The fourth-order valence-electron chi connectivity index (χ4n) is 1.20. The second-order valence-electron chi connectivity index (χ2n) is 3.69. The van der Waals surface area contributed by atoms with Gasteiger partial charge in [-0.25, -0.2) is 4.79 Å². The van der Waals surface area contributed by atoms with Gasteiger partial charge in [-0.1, -0.05) is 37.1 Å². The van der Waals surface area contributed by atoms with Crippen molar-refractivity contribution in [2.75, 3.05) is 13.2 Å². The van der Waals surface area contributed by atoms with Crippen molar-refractivity contribution in [3.8, 4) is 0 Å². The van der Waals surface area contributed by atoms with Crippen LogP contribution in [0.2, 0.25) is 5.02 Å². The molecule has 0 amide bonds. The van der Waals surface area contributed by atoms with Gasteiger partial charge >= 0.3 is 5.97 Å². The maximum absolute atomic E-state index is 11.2. The summed E-state index contributed by atoms with van der Waals surface area (Å²) in [6.07, 6.45) is 1.90. The van der Waals surface area contributed by atoms with E-state index in [0.29, 0.717) is 18.2 Å². The number of hydrogen-bond acceptors (Lipinski definition) is 3. The van der Waals surface area contributed by atoms with Crippen molar-refractivity contribution in [3.05, 3.63) is 34.9 Å². The van der Waals surface area contributed by atoms with E-state index in [1.807, 2.05) is 19.1 Å². The average Bonchev–Trinajstić information content (AvgIpc) is 2.32. The van der Waals surface area contributed by atoms with Gasteiger partial charge < -0.3 is 9.47 Å². The highest BCUT2D eigenvalue weighted by Crippen LogP contribution is 2.10. The van der Waals surface area contributed by atoms with Crippen molar-refractivity contribution in [1.82, 2.24) is 0 Å². The summed E-state index contributed by atoms with van der Waals surface area (Å²) in [7, 11) is 0. The van der Waals surface area contributed by atoms with Crippen molar-refractivity contribution < 1.29 is 14.3 Å². The number of carbonyl (C=O) groups excluding carboxylic acids is 1. The molecule has 0 fully saturated rings. The summed E-state index contributed by atoms with van der Waals surface area (Å²) < 4.78 is 10.2. The van der Waals surface area contributed by atoms with Crippen molar-refractivity contribution in [1.29, 1.82) is 0 Å². The number of hydrogen-bond donors (Lipinski definition) is 0. The SMILES string of the molecule is CCCCOC(=O)COCc1ccc(Cl)cc1. The molecular formula is C13H17ClO3. The Labute approximate surface area is 107 Å². The lowest BCUT2D eigenvalue weighted by Gasteiger charge is -2.05. The molecule has 1 rings (SSSR count). The minimum Gasteiger partial charge on any atom is -0.464 e. The second kappa shape index (κ2) is 8.09. The largest absolute Gasteiger partial charge is 0.464 e. The van der Waals surface area contributed by atoms with E-state index in [4.69, 9.17) is 21.1 Å². The summed E-state index contributed by atoms with van der Waals surface area (Å²) >= 11 is 5.75. The Hall–Kier alpha value is -1.06. The minimum atomic E-state index is -0.313. The van der Waals surface area contributed by atoms with E-state index in [2.05, 4.69) is 0 Å². The first-order valence-electron chi connectivity index (χ1n) is 5.70. The van der Waals surface area contributed by atoms with E-state index in [1.54, 1.807) is 12.1 Å². The van der Waals surface area contributed by atoms with E-state index in [0.717, 1.165) is 18.4 Å². The van der Waals surface area contributed by atoms with Gasteiger partial charge in [-0.05, 0) is 24.1 Å². The predicted molar refractivity (Wildman–Crippen MR) is 67.0 cm³/mol. The van der Waals surface area contributed by atoms with Gasteiger partial charge in [0.1, 0.15) is 6.61 Å². The molecule has 0 bridgehead atoms. The zero-order valence-electron chi connectivity index (χ0n) is 9.95. The topological polar surface area (TPSA) is 35.5 Å². The van der Waals surface area contributed by atoms with Crippen LogP contribution in [0.15, 0.2) is 24.3 Å². The number of unbranched alkanes of at least 4 members (excludes halogenated alkanes) is 1. The fourth-order valence-corrected chi connectivity index (χ4v) is 1.33. The van der Waals surface area contributed by atoms with Crippen LogP contribution >= 0.6 is 11.6 Å². The summed E-state index contributed by atoms with van der Waals surface area (Å²) in [4.78, 5) is 11.2. The van der Waals surface area contributed by atoms with E-state index in [1.165, 1.54) is 0 Å².